The Morgan fingerprint density at radius 2 is 2.31 bits per heavy atom. The van der Waals surface area contributed by atoms with Gasteiger partial charge in [-0.25, -0.2) is 19.7 Å². The van der Waals surface area contributed by atoms with Crippen molar-refractivity contribution in [3.63, 3.8) is 0 Å². The van der Waals surface area contributed by atoms with Gasteiger partial charge in [-0.3, -0.25) is 0 Å². The quantitative estimate of drug-likeness (QED) is 0.773. The number of H-pyrrole nitrogens is 1. The highest BCUT2D eigenvalue weighted by Crippen LogP contribution is 2.10. The molecule has 0 aliphatic rings. The Bertz CT molecular complexity index is 480. The van der Waals surface area contributed by atoms with Crippen molar-refractivity contribution in [3.05, 3.63) is 16.6 Å². The fourth-order valence-electron chi connectivity index (χ4n) is 0.874. The van der Waals surface area contributed by atoms with Gasteiger partial charge < -0.3 is 10.1 Å². The first-order valence-corrected chi connectivity index (χ1v) is 4.07. The van der Waals surface area contributed by atoms with Crippen molar-refractivity contribution in [2.24, 2.45) is 0 Å². The van der Waals surface area contributed by atoms with Gasteiger partial charge in [0.2, 0.25) is 5.82 Å². The fraction of sp³-hybridized carbons (Fsp3) is 0. The summed E-state index contributed by atoms with van der Waals surface area (Å²) in [5.41, 5.74) is 0.646. The summed E-state index contributed by atoms with van der Waals surface area (Å²) in [5.74, 6) is -1.29. The molecule has 0 amide bonds. The molecule has 0 aliphatic heterocycles. The molecule has 2 heterocycles. The number of hydrogen-bond acceptors (Lipinski definition) is 4. The average Bonchev–Trinajstić information content (AvgIpc) is 2.46. The monoisotopic (exact) mass is 242 g/mol. The highest BCUT2D eigenvalue weighted by atomic mass is 79.9. The van der Waals surface area contributed by atoms with Crippen LogP contribution >= 0.6 is 15.9 Å². The summed E-state index contributed by atoms with van der Waals surface area (Å²) in [7, 11) is 0. The maximum Gasteiger partial charge on any atom is 0.372 e. The van der Waals surface area contributed by atoms with E-state index in [0.29, 0.717) is 15.9 Å². The molecular formula is C6H3BrN4O2. The molecule has 0 unspecified atom stereocenters. The van der Waals surface area contributed by atoms with Crippen molar-refractivity contribution < 1.29 is 9.90 Å². The second-order valence-corrected chi connectivity index (χ2v) is 3.07. The third-order valence-corrected chi connectivity index (χ3v) is 1.76. The number of nitrogens with one attached hydrogen (secondary N) is 1. The Balaban J connectivity index is 2.68. The first-order chi connectivity index (χ1) is 6.16. The first kappa shape index (κ1) is 8.11. The van der Waals surface area contributed by atoms with Gasteiger partial charge >= 0.3 is 5.97 Å². The molecule has 2 aromatic rings. The summed E-state index contributed by atoms with van der Waals surface area (Å²) >= 11 is 3.11. The lowest BCUT2D eigenvalue weighted by molar-refractivity contribution is 0.0685. The number of rotatable bonds is 1. The molecule has 66 valence electrons. The van der Waals surface area contributed by atoms with Gasteiger partial charge in [-0.05, 0) is 15.9 Å². The van der Waals surface area contributed by atoms with Crippen molar-refractivity contribution in [3.8, 4) is 0 Å². The van der Waals surface area contributed by atoms with Crippen molar-refractivity contribution in [1.82, 2.24) is 19.9 Å². The molecule has 0 radical (unpaired) electrons. The average molecular weight is 243 g/mol. The van der Waals surface area contributed by atoms with Crippen LogP contribution in [0, 0.1) is 0 Å². The molecule has 13 heavy (non-hydrogen) atoms. The molecular weight excluding hydrogens is 240 g/mol. The van der Waals surface area contributed by atoms with Gasteiger partial charge in [-0.15, -0.1) is 0 Å². The summed E-state index contributed by atoms with van der Waals surface area (Å²) in [5, 5.41) is 8.59. The minimum absolute atomic E-state index is 0.159. The fourth-order valence-corrected chi connectivity index (χ4v) is 1.15. The zero-order valence-corrected chi connectivity index (χ0v) is 7.74. The number of carbonyl (C=O) groups is 1. The Morgan fingerprint density at radius 1 is 1.54 bits per heavy atom. The minimum atomic E-state index is -1.13. The van der Waals surface area contributed by atoms with Crippen LogP contribution in [0.2, 0.25) is 0 Å². The van der Waals surface area contributed by atoms with Crippen molar-refractivity contribution >= 4 is 33.2 Å². The number of fused-ring (bicyclic) bond motifs is 1. The van der Waals surface area contributed by atoms with E-state index in [-0.39, 0.29) is 5.82 Å². The lowest BCUT2D eigenvalue weighted by atomic mass is 10.6. The lowest BCUT2D eigenvalue weighted by Crippen LogP contribution is -1.97. The van der Waals surface area contributed by atoms with E-state index in [9.17, 15) is 4.79 Å². The SMILES string of the molecule is O=C(O)c1nc2ncc(Br)nc2[nH]1. The Hall–Kier alpha value is -1.50. The van der Waals surface area contributed by atoms with E-state index < -0.39 is 5.97 Å². The van der Waals surface area contributed by atoms with Gasteiger partial charge in [0.15, 0.2) is 11.3 Å². The van der Waals surface area contributed by atoms with E-state index in [1.807, 2.05) is 0 Å². The molecule has 0 bridgehead atoms. The molecule has 0 saturated carbocycles. The van der Waals surface area contributed by atoms with E-state index in [4.69, 9.17) is 5.11 Å². The molecule has 6 nitrogen and oxygen atoms in total. The van der Waals surface area contributed by atoms with Crippen LogP contribution in [0.1, 0.15) is 10.6 Å². The largest absolute Gasteiger partial charge is 0.475 e. The number of carboxylic acids is 1. The summed E-state index contributed by atoms with van der Waals surface area (Å²) in [6, 6.07) is 0. The lowest BCUT2D eigenvalue weighted by Gasteiger charge is -1.86. The van der Waals surface area contributed by atoms with E-state index in [2.05, 4.69) is 35.9 Å². The van der Waals surface area contributed by atoms with Crippen molar-refractivity contribution in [1.29, 1.82) is 0 Å². The third-order valence-electron chi connectivity index (χ3n) is 1.38. The maximum absolute atomic E-state index is 10.5. The molecule has 7 heteroatoms. The van der Waals surface area contributed by atoms with Crippen LogP contribution in [0.3, 0.4) is 0 Å². The number of aromatic carboxylic acids is 1. The predicted octanol–water partition coefficient (Wildman–Crippen LogP) is 0.814. The van der Waals surface area contributed by atoms with Crippen LogP contribution in [0.5, 0.6) is 0 Å². The van der Waals surface area contributed by atoms with E-state index in [0.717, 1.165) is 0 Å². The molecule has 0 aliphatic carbocycles. The van der Waals surface area contributed by atoms with E-state index in [1.54, 1.807) is 0 Å². The molecule has 0 fully saturated rings. The van der Waals surface area contributed by atoms with Crippen LogP contribution in [0.25, 0.3) is 11.3 Å². The van der Waals surface area contributed by atoms with Crippen LogP contribution in [-0.4, -0.2) is 31.0 Å². The summed E-state index contributed by atoms with van der Waals surface area (Å²) in [6.45, 7) is 0. The zero-order valence-electron chi connectivity index (χ0n) is 6.15. The molecule has 0 atom stereocenters. The van der Waals surface area contributed by atoms with Crippen LogP contribution in [0.4, 0.5) is 0 Å². The molecule has 0 aromatic carbocycles. The van der Waals surface area contributed by atoms with Gasteiger partial charge in [0.25, 0.3) is 0 Å². The highest BCUT2D eigenvalue weighted by molar-refractivity contribution is 9.10. The predicted molar refractivity (Wildman–Crippen MR) is 46.3 cm³/mol. The molecule has 0 saturated heterocycles. The molecule has 2 rings (SSSR count). The Kier molecular flexibility index (Phi) is 1.73. The maximum atomic E-state index is 10.5. The second kappa shape index (κ2) is 2.77. The minimum Gasteiger partial charge on any atom is -0.475 e. The van der Waals surface area contributed by atoms with Gasteiger partial charge in [0.05, 0.1) is 6.20 Å². The molecule has 2 N–H and O–H groups in total. The number of halogens is 1. The number of aromatic amines is 1. The number of carboxylic acid groups (broad SMARTS) is 1. The Morgan fingerprint density at radius 3 is 3.00 bits per heavy atom. The smallest absolute Gasteiger partial charge is 0.372 e. The normalized spacial score (nSPS) is 10.5. The standard InChI is InChI=1S/C6H3BrN4O2/c7-2-1-8-3-4(9-2)11-5(10-3)6(12)13/h1H,(H,12,13)(H,8,9,10,11). The van der Waals surface area contributed by atoms with Crippen LogP contribution < -0.4 is 0 Å². The van der Waals surface area contributed by atoms with Crippen molar-refractivity contribution in [2.75, 3.05) is 0 Å². The zero-order chi connectivity index (χ0) is 9.42. The van der Waals surface area contributed by atoms with Crippen molar-refractivity contribution in [2.45, 2.75) is 0 Å². The topological polar surface area (TPSA) is 91.8 Å². The summed E-state index contributed by atoms with van der Waals surface area (Å²) < 4.78 is 0.528. The number of aromatic nitrogens is 4. The van der Waals surface area contributed by atoms with E-state index in [1.165, 1.54) is 6.20 Å². The van der Waals surface area contributed by atoms with Crippen LogP contribution in [0.15, 0.2) is 10.8 Å². The van der Waals surface area contributed by atoms with Gasteiger partial charge in [-0.1, -0.05) is 0 Å². The molecule has 2 aromatic heterocycles. The van der Waals surface area contributed by atoms with E-state index >= 15 is 0 Å². The summed E-state index contributed by atoms with van der Waals surface area (Å²) in [4.78, 5) is 24.5. The van der Waals surface area contributed by atoms with Gasteiger partial charge in [0, 0.05) is 0 Å². The van der Waals surface area contributed by atoms with Gasteiger partial charge in [-0.2, -0.15) is 0 Å². The Labute approximate surface area is 80.2 Å². The first-order valence-electron chi connectivity index (χ1n) is 3.28. The van der Waals surface area contributed by atoms with Crippen LogP contribution in [-0.2, 0) is 0 Å². The third kappa shape index (κ3) is 1.37. The number of imidazole rings is 1. The second-order valence-electron chi connectivity index (χ2n) is 2.26. The number of hydrogen-bond donors (Lipinski definition) is 2. The summed E-state index contributed by atoms with van der Waals surface area (Å²) in [6.07, 6.45) is 1.45. The van der Waals surface area contributed by atoms with Gasteiger partial charge in [0.1, 0.15) is 4.60 Å². The number of nitrogens with zero attached hydrogens (tertiary/aromatic N) is 3. The molecule has 0 spiro atoms. The highest BCUT2D eigenvalue weighted by Gasteiger charge is 2.10.